The predicted molar refractivity (Wildman–Crippen MR) is 132 cm³/mol. The Morgan fingerprint density at radius 1 is 0.886 bits per heavy atom. The third kappa shape index (κ3) is 9.26. The fourth-order valence-corrected chi connectivity index (χ4v) is 2.39. The van der Waals surface area contributed by atoms with Crippen LogP contribution in [0.25, 0.3) is 20.9 Å². The number of benzene rings is 2. The Morgan fingerprint density at radius 2 is 1.37 bits per heavy atom. The van der Waals surface area contributed by atoms with Gasteiger partial charge in [-0.3, -0.25) is 14.4 Å². The van der Waals surface area contributed by atoms with Gasteiger partial charge < -0.3 is 10.2 Å². The van der Waals surface area contributed by atoms with Crippen molar-refractivity contribution in [2.45, 2.75) is 35.1 Å². The van der Waals surface area contributed by atoms with E-state index in [1.165, 1.54) is 24.3 Å². The summed E-state index contributed by atoms with van der Waals surface area (Å²) in [5.41, 5.74) is 18.1. The monoisotopic (exact) mass is 484 g/mol. The number of hydroxylamine groups is 1. The van der Waals surface area contributed by atoms with E-state index in [2.05, 4.69) is 25.4 Å². The van der Waals surface area contributed by atoms with E-state index in [-0.39, 0.29) is 46.7 Å². The molecule has 3 rings (SSSR count). The molecule has 0 bridgehead atoms. The summed E-state index contributed by atoms with van der Waals surface area (Å²) in [5.74, 6) is -2.45. The largest absolute Gasteiger partial charge is 0.399 e. The lowest BCUT2D eigenvalue weighted by Crippen LogP contribution is -2.31. The van der Waals surface area contributed by atoms with Gasteiger partial charge in [-0.15, -0.1) is 5.06 Å². The fourth-order valence-electron chi connectivity index (χ4n) is 2.39. The van der Waals surface area contributed by atoms with Crippen molar-refractivity contribution in [2.24, 2.45) is 10.2 Å². The Morgan fingerprint density at radius 3 is 1.83 bits per heavy atom. The van der Waals surface area contributed by atoms with E-state index in [1.54, 1.807) is 31.3 Å². The summed E-state index contributed by atoms with van der Waals surface area (Å²) in [6.45, 7) is 0. The van der Waals surface area contributed by atoms with Crippen LogP contribution in [0.3, 0.4) is 0 Å². The zero-order chi connectivity index (χ0) is 23.5. The van der Waals surface area contributed by atoms with E-state index >= 15 is 0 Å². The molecule has 13 nitrogen and oxygen atoms in total. The van der Waals surface area contributed by atoms with Crippen molar-refractivity contribution < 1.29 is 24.0 Å². The van der Waals surface area contributed by atoms with Crippen LogP contribution in [0.2, 0.25) is 0 Å². The number of nitrogens with one attached hydrogen (secondary N) is 1. The smallest absolute Gasteiger partial charge is 0.355 e. The standard InChI is InChI=1S/C11H8N4O4.C8H8N4O.3CH4/c12-14-13-7-1-3-8(4-2-7)15-10(17)6-5-9(16)11(18)19-15;1-10-8(13)6-2-4-7(5-3-6)11-12-9;;;/h1-4H,5-6H2;2-5H,1H3,(H,10,13);3*1H4. The van der Waals surface area contributed by atoms with Crippen molar-refractivity contribution in [2.75, 3.05) is 12.1 Å². The molecule has 2 amide bonds. The normalized spacial score (nSPS) is 11.7. The number of hydrogen-bond donors (Lipinski definition) is 1. The van der Waals surface area contributed by atoms with Gasteiger partial charge in [-0.1, -0.05) is 56.8 Å². The molecule has 1 fully saturated rings. The van der Waals surface area contributed by atoms with Crippen molar-refractivity contribution in [1.29, 1.82) is 0 Å². The number of hydrogen-bond acceptors (Lipinski definition) is 7. The highest BCUT2D eigenvalue weighted by molar-refractivity contribution is 6.35. The van der Waals surface area contributed by atoms with Crippen LogP contribution in [0.5, 0.6) is 0 Å². The highest BCUT2D eigenvalue weighted by Crippen LogP contribution is 2.23. The van der Waals surface area contributed by atoms with Crippen LogP contribution in [-0.4, -0.2) is 30.6 Å². The first-order valence-electron chi connectivity index (χ1n) is 9.00. The van der Waals surface area contributed by atoms with Crippen LogP contribution < -0.4 is 10.4 Å². The van der Waals surface area contributed by atoms with E-state index in [4.69, 9.17) is 15.9 Å². The third-order valence-electron chi connectivity index (χ3n) is 3.96. The molecule has 35 heavy (non-hydrogen) atoms. The second-order valence-corrected chi connectivity index (χ2v) is 6.01. The average Bonchev–Trinajstić information content (AvgIpc) is 2.94. The molecule has 0 spiro atoms. The number of nitrogens with zero attached hydrogens (tertiary/aromatic N) is 7. The molecule has 0 unspecified atom stereocenters. The van der Waals surface area contributed by atoms with Gasteiger partial charge in [0.05, 0.1) is 5.69 Å². The second-order valence-electron chi connectivity index (χ2n) is 6.01. The molecule has 2 aromatic carbocycles. The zero-order valence-electron chi connectivity index (χ0n) is 16.7. The summed E-state index contributed by atoms with van der Waals surface area (Å²) >= 11 is 0. The molecule has 186 valence electrons. The molecule has 13 heteroatoms. The van der Waals surface area contributed by atoms with Gasteiger partial charge in [-0.25, -0.2) is 4.79 Å². The number of amides is 2. The number of rotatable bonds is 4. The van der Waals surface area contributed by atoms with Crippen LogP contribution in [0, 0.1) is 0 Å². The molecule has 1 aliphatic rings. The predicted octanol–water partition coefficient (Wildman–Crippen LogP) is 5.68. The van der Waals surface area contributed by atoms with Crippen molar-refractivity contribution in [3.63, 3.8) is 0 Å². The van der Waals surface area contributed by atoms with Gasteiger partial charge in [-0.2, -0.15) is 0 Å². The minimum Gasteiger partial charge on any atom is -0.355 e. The lowest BCUT2D eigenvalue weighted by molar-refractivity contribution is -0.155. The maximum absolute atomic E-state index is 11.7. The Labute approximate surface area is 202 Å². The topological polar surface area (TPSA) is 190 Å². The molecule has 0 radical (unpaired) electrons. The van der Waals surface area contributed by atoms with Crippen molar-refractivity contribution in [3.05, 3.63) is 75.0 Å². The first kappa shape index (κ1) is 32.3. The van der Waals surface area contributed by atoms with Crippen molar-refractivity contribution in [3.8, 4) is 0 Å². The molecule has 0 aromatic heterocycles. The molecule has 0 aliphatic carbocycles. The number of anilines is 1. The summed E-state index contributed by atoms with van der Waals surface area (Å²) < 4.78 is 0. The van der Waals surface area contributed by atoms with Gasteiger partial charge in [0.15, 0.2) is 0 Å². The van der Waals surface area contributed by atoms with Crippen LogP contribution in [0.15, 0.2) is 58.8 Å². The minimum atomic E-state index is -1.06. The van der Waals surface area contributed by atoms with Gasteiger partial charge in [0, 0.05) is 46.7 Å². The van der Waals surface area contributed by atoms with Crippen LogP contribution in [-0.2, 0) is 19.2 Å². The molecule has 1 aliphatic heterocycles. The van der Waals surface area contributed by atoms with Crippen molar-refractivity contribution >= 4 is 40.6 Å². The quantitative estimate of drug-likeness (QED) is 0.252. The van der Waals surface area contributed by atoms with E-state index in [1.807, 2.05) is 0 Å². The summed E-state index contributed by atoms with van der Waals surface area (Å²) in [4.78, 5) is 55.2. The molecular formula is C22H28N8O5. The van der Waals surface area contributed by atoms with E-state index < -0.39 is 17.7 Å². The molecule has 1 saturated heterocycles. The number of carbonyl (C=O) groups excluding carboxylic acids is 4. The number of ketones is 1. The zero-order valence-corrected chi connectivity index (χ0v) is 16.7. The Hall–Kier alpha value is -4.86. The molecule has 0 saturated carbocycles. The number of Topliss-reactive ketones (excluding diaryl/α,β-unsaturated/α-hetero) is 1. The molecule has 0 atom stereocenters. The molecular weight excluding hydrogens is 456 g/mol. The van der Waals surface area contributed by atoms with Gasteiger partial charge in [0.25, 0.3) is 11.8 Å². The van der Waals surface area contributed by atoms with Crippen LogP contribution >= 0.6 is 0 Å². The van der Waals surface area contributed by atoms with Crippen LogP contribution in [0.4, 0.5) is 17.1 Å². The van der Waals surface area contributed by atoms with Gasteiger partial charge >= 0.3 is 5.97 Å². The molecule has 1 N–H and O–H groups in total. The minimum absolute atomic E-state index is 0. The lowest BCUT2D eigenvalue weighted by Gasteiger charge is -2.18. The Bertz CT molecular complexity index is 1120. The summed E-state index contributed by atoms with van der Waals surface area (Å²) in [6, 6.07) is 12.2. The van der Waals surface area contributed by atoms with Crippen LogP contribution in [0.1, 0.15) is 45.5 Å². The molecule has 1 heterocycles. The second kappa shape index (κ2) is 15.9. The van der Waals surface area contributed by atoms with Gasteiger partial charge in [-0.05, 0) is 35.3 Å². The summed E-state index contributed by atoms with van der Waals surface area (Å²) in [6.07, 6.45) is -0.256. The number of carbonyl (C=O) groups is 4. The summed E-state index contributed by atoms with van der Waals surface area (Å²) in [5, 5.41) is 10.0. The average molecular weight is 485 g/mol. The Balaban J connectivity index is 0. The van der Waals surface area contributed by atoms with E-state index in [0.717, 1.165) is 5.06 Å². The van der Waals surface area contributed by atoms with Crippen molar-refractivity contribution in [1.82, 2.24) is 5.32 Å². The Kier molecular flexibility index (Phi) is 14.6. The molecule has 2 aromatic rings. The third-order valence-corrected chi connectivity index (χ3v) is 3.96. The SMILES string of the molecule is C.C.C.CNC(=O)c1ccc(N=[N+]=[N-])cc1.[N-]=[N+]=Nc1ccc(N2OC(=O)C(=O)CCC2=O)cc1. The maximum atomic E-state index is 11.7. The van der Waals surface area contributed by atoms with E-state index in [9.17, 15) is 19.2 Å². The maximum Gasteiger partial charge on any atom is 0.399 e. The first-order chi connectivity index (χ1) is 15.4. The summed E-state index contributed by atoms with van der Waals surface area (Å²) in [7, 11) is 1.56. The highest BCUT2D eigenvalue weighted by atomic mass is 16.7. The van der Waals surface area contributed by atoms with Gasteiger partial charge in [0.2, 0.25) is 5.78 Å². The lowest BCUT2D eigenvalue weighted by atomic mass is 10.2. The van der Waals surface area contributed by atoms with Gasteiger partial charge in [0.1, 0.15) is 0 Å². The highest BCUT2D eigenvalue weighted by Gasteiger charge is 2.30. The first-order valence-corrected chi connectivity index (χ1v) is 9.00. The fraction of sp³-hybridized carbons (Fsp3) is 0.273. The number of azide groups is 2. The van der Waals surface area contributed by atoms with E-state index in [0.29, 0.717) is 16.9 Å².